The number of benzene rings is 2. The van der Waals surface area contributed by atoms with E-state index in [9.17, 15) is 13.2 Å². The van der Waals surface area contributed by atoms with Crippen molar-refractivity contribution < 1.29 is 17.9 Å². The first kappa shape index (κ1) is 21.6. The highest BCUT2D eigenvalue weighted by molar-refractivity contribution is 9.11. The monoisotopic (exact) mass is 494 g/mol. The molecule has 152 valence electrons. The van der Waals surface area contributed by atoms with Crippen LogP contribution in [0.2, 0.25) is 0 Å². The third-order valence-electron chi connectivity index (χ3n) is 4.30. The van der Waals surface area contributed by atoms with E-state index < -0.39 is 22.0 Å². The predicted octanol–water partition coefficient (Wildman–Crippen LogP) is 4.33. The zero-order chi connectivity index (χ0) is 21.0. The molecule has 0 spiro atoms. The summed E-state index contributed by atoms with van der Waals surface area (Å²) in [6, 6.07) is 16.6. The number of sulfonamides is 1. The lowest BCUT2D eigenvalue weighted by molar-refractivity contribution is -0.144. The Hall–Kier alpha value is -2.07. The number of thiazole rings is 1. The SMILES string of the molecule is COC(=O)[C@H](C)N(Cc1nc(-c2ccccc2)sc1Br)S(=O)(=O)c1ccccc1. The number of ether oxygens (including phenoxy) is 1. The van der Waals surface area contributed by atoms with Crippen molar-refractivity contribution in [2.24, 2.45) is 0 Å². The molecule has 9 heteroatoms. The lowest BCUT2D eigenvalue weighted by Gasteiger charge is -2.26. The second-order valence-corrected chi connectivity index (χ2v) is 10.4. The van der Waals surface area contributed by atoms with Gasteiger partial charge in [0.1, 0.15) is 11.0 Å². The Morgan fingerprint density at radius 2 is 1.72 bits per heavy atom. The molecule has 0 aliphatic rings. The van der Waals surface area contributed by atoms with Crippen molar-refractivity contribution >= 4 is 43.3 Å². The van der Waals surface area contributed by atoms with E-state index in [0.717, 1.165) is 14.9 Å². The topological polar surface area (TPSA) is 76.6 Å². The quantitative estimate of drug-likeness (QED) is 0.457. The van der Waals surface area contributed by atoms with Gasteiger partial charge in [-0.1, -0.05) is 48.5 Å². The van der Waals surface area contributed by atoms with Crippen molar-refractivity contribution in [3.63, 3.8) is 0 Å². The van der Waals surface area contributed by atoms with Crippen molar-refractivity contribution in [2.45, 2.75) is 24.4 Å². The van der Waals surface area contributed by atoms with Gasteiger partial charge in [0.15, 0.2) is 0 Å². The molecule has 1 atom stereocenters. The lowest BCUT2D eigenvalue weighted by Crippen LogP contribution is -2.43. The van der Waals surface area contributed by atoms with Crippen LogP contribution in [0.4, 0.5) is 0 Å². The molecule has 0 saturated carbocycles. The minimum absolute atomic E-state index is 0.0720. The number of methoxy groups -OCH3 is 1. The molecule has 0 aliphatic carbocycles. The van der Waals surface area contributed by atoms with E-state index in [4.69, 9.17) is 4.74 Å². The highest BCUT2D eigenvalue weighted by atomic mass is 79.9. The number of hydrogen-bond donors (Lipinski definition) is 0. The Bertz CT molecular complexity index is 1090. The third kappa shape index (κ3) is 4.75. The van der Waals surface area contributed by atoms with Gasteiger partial charge in [-0.05, 0) is 35.0 Å². The number of esters is 1. The molecule has 6 nitrogen and oxygen atoms in total. The summed E-state index contributed by atoms with van der Waals surface area (Å²) in [6.45, 7) is 1.43. The second kappa shape index (κ2) is 9.17. The molecule has 1 heterocycles. The Morgan fingerprint density at radius 3 is 2.31 bits per heavy atom. The normalized spacial score (nSPS) is 12.7. The van der Waals surface area contributed by atoms with Crippen LogP contribution in [0.15, 0.2) is 69.3 Å². The minimum Gasteiger partial charge on any atom is -0.468 e. The first-order valence-electron chi connectivity index (χ1n) is 8.70. The zero-order valence-corrected chi connectivity index (χ0v) is 19.0. The van der Waals surface area contributed by atoms with E-state index in [-0.39, 0.29) is 11.4 Å². The van der Waals surface area contributed by atoms with Gasteiger partial charge >= 0.3 is 5.97 Å². The van der Waals surface area contributed by atoms with Crippen molar-refractivity contribution in [2.75, 3.05) is 7.11 Å². The Kier molecular flexibility index (Phi) is 6.84. The van der Waals surface area contributed by atoms with E-state index in [1.165, 1.54) is 37.5 Å². The summed E-state index contributed by atoms with van der Waals surface area (Å²) in [6.07, 6.45) is 0. The molecule has 0 unspecified atom stereocenters. The van der Waals surface area contributed by atoms with E-state index in [1.54, 1.807) is 18.2 Å². The minimum atomic E-state index is -3.95. The maximum Gasteiger partial charge on any atom is 0.323 e. The van der Waals surface area contributed by atoms with E-state index in [0.29, 0.717) is 9.48 Å². The maximum atomic E-state index is 13.3. The van der Waals surface area contributed by atoms with Gasteiger partial charge in [0.2, 0.25) is 10.0 Å². The molecule has 0 amide bonds. The Balaban J connectivity index is 2.00. The second-order valence-electron chi connectivity index (χ2n) is 6.17. The summed E-state index contributed by atoms with van der Waals surface area (Å²) in [4.78, 5) is 16.9. The summed E-state index contributed by atoms with van der Waals surface area (Å²) in [5, 5.41) is 0.759. The molecular formula is C20H19BrN2O4S2. The average Bonchev–Trinajstić information content (AvgIpc) is 3.12. The molecule has 1 aromatic heterocycles. The average molecular weight is 495 g/mol. The fourth-order valence-corrected chi connectivity index (χ4v) is 5.78. The van der Waals surface area contributed by atoms with Crippen LogP contribution in [0.25, 0.3) is 10.6 Å². The summed E-state index contributed by atoms with van der Waals surface area (Å²) >= 11 is 4.90. The van der Waals surface area contributed by atoms with Crippen molar-refractivity contribution in [3.8, 4) is 10.6 Å². The van der Waals surface area contributed by atoms with Gasteiger partial charge in [-0.15, -0.1) is 11.3 Å². The Morgan fingerprint density at radius 1 is 1.14 bits per heavy atom. The van der Waals surface area contributed by atoms with Gasteiger partial charge in [0, 0.05) is 5.56 Å². The first-order valence-corrected chi connectivity index (χ1v) is 11.7. The van der Waals surface area contributed by atoms with Crippen molar-refractivity contribution in [1.29, 1.82) is 0 Å². The predicted molar refractivity (Wildman–Crippen MR) is 116 cm³/mol. The molecule has 0 radical (unpaired) electrons. The molecule has 3 aromatic rings. The van der Waals surface area contributed by atoms with Gasteiger partial charge in [-0.2, -0.15) is 4.31 Å². The van der Waals surface area contributed by atoms with E-state index in [2.05, 4.69) is 20.9 Å². The van der Waals surface area contributed by atoms with E-state index in [1.807, 2.05) is 30.3 Å². The van der Waals surface area contributed by atoms with Gasteiger partial charge in [0.25, 0.3) is 0 Å². The van der Waals surface area contributed by atoms with E-state index >= 15 is 0 Å². The highest BCUT2D eigenvalue weighted by Crippen LogP contribution is 2.34. The van der Waals surface area contributed by atoms with Crippen LogP contribution in [-0.4, -0.2) is 36.8 Å². The molecule has 0 N–H and O–H groups in total. The van der Waals surface area contributed by atoms with Crippen molar-refractivity contribution in [3.05, 3.63) is 70.1 Å². The fourth-order valence-electron chi connectivity index (χ4n) is 2.73. The number of nitrogens with zero attached hydrogens (tertiary/aromatic N) is 2. The molecule has 0 saturated heterocycles. The largest absolute Gasteiger partial charge is 0.468 e. The number of aromatic nitrogens is 1. The summed E-state index contributed by atoms with van der Waals surface area (Å²) in [7, 11) is -2.71. The fraction of sp³-hybridized carbons (Fsp3) is 0.200. The number of carbonyl (C=O) groups is 1. The van der Waals surface area contributed by atoms with Crippen LogP contribution < -0.4 is 0 Å². The van der Waals surface area contributed by atoms with Crippen LogP contribution in [0.3, 0.4) is 0 Å². The van der Waals surface area contributed by atoms with Gasteiger partial charge in [-0.25, -0.2) is 13.4 Å². The molecular weight excluding hydrogens is 476 g/mol. The molecule has 0 aliphatic heterocycles. The molecule has 29 heavy (non-hydrogen) atoms. The zero-order valence-electron chi connectivity index (χ0n) is 15.8. The van der Waals surface area contributed by atoms with Gasteiger partial charge in [0.05, 0.1) is 28.0 Å². The van der Waals surface area contributed by atoms with Crippen LogP contribution in [-0.2, 0) is 26.1 Å². The molecule has 0 fully saturated rings. The van der Waals surface area contributed by atoms with Crippen molar-refractivity contribution in [1.82, 2.24) is 9.29 Å². The highest BCUT2D eigenvalue weighted by Gasteiger charge is 2.35. The summed E-state index contributed by atoms with van der Waals surface area (Å²) in [5.74, 6) is -0.640. The maximum absolute atomic E-state index is 13.3. The number of halogens is 1. The smallest absolute Gasteiger partial charge is 0.323 e. The number of rotatable bonds is 7. The molecule has 2 aromatic carbocycles. The Labute approximate surface area is 182 Å². The summed E-state index contributed by atoms with van der Waals surface area (Å²) < 4.78 is 33.1. The van der Waals surface area contributed by atoms with Gasteiger partial charge in [-0.3, -0.25) is 4.79 Å². The lowest BCUT2D eigenvalue weighted by atomic mass is 10.2. The first-order chi connectivity index (χ1) is 13.8. The standard InChI is InChI=1S/C20H19BrN2O4S2/c1-14(20(24)27-2)23(29(25,26)16-11-7-4-8-12-16)13-17-18(21)28-19(22-17)15-9-5-3-6-10-15/h3-12,14H,13H2,1-2H3/t14-/m0/s1. The number of hydrogen-bond acceptors (Lipinski definition) is 6. The van der Waals surface area contributed by atoms with Crippen LogP contribution in [0, 0.1) is 0 Å². The van der Waals surface area contributed by atoms with Gasteiger partial charge < -0.3 is 4.74 Å². The van der Waals surface area contributed by atoms with Crippen LogP contribution >= 0.6 is 27.3 Å². The molecule has 3 rings (SSSR count). The van der Waals surface area contributed by atoms with Crippen LogP contribution in [0.1, 0.15) is 12.6 Å². The third-order valence-corrected chi connectivity index (χ3v) is 8.11. The number of carbonyl (C=O) groups excluding carboxylic acids is 1. The summed E-state index contributed by atoms with van der Waals surface area (Å²) in [5.41, 5.74) is 1.46. The molecule has 0 bridgehead atoms. The van der Waals surface area contributed by atoms with Crippen LogP contribution in [0.5, 0.6) is 0 Å².